The van der Waals surface area contributed by atoms with Crippen LogP contribution in [-0.2, 0) is 23.7 Å². The van der Waals surface area contributed by atoms with Crippen LogP contribution in [0.25, 0.3) is 0 Å². The van der Waals surface area contributed by atoms with Crippen LogP contribution in [0.1, 0.15) is 60.8 Å². The Morgan fingerprint density at radius 1 is 0.741 bits per heavy atom. The third-order valence-corrected chi connectivity index (χ3v) is 8.88. The molecule has 8 heteroatoms. The summed E-state index contributed by atoms with van der Waals surface area (Å²) in [4.78, 5) is 2.45. The van der Waals surface area contributed by atoms with Gasteiger partial charge in [0.25, 0.3) is 0 Å². The van der Waals surface area contributed by atoms with E-state index in [1.54, 1.807) is 28.4 Å². The first-order valence-electron chi connectivity index (χ1n) is 9.92. The molecule has 0 aromatic rings. The van der Waals surface area contributed by atoms with Crippen LogP contribution in [0.3, 0.4) is 0 Å². The van der Waals surface area contributed by atoms with Gasteiger partial charge in [-0.1, -0.05) is 20.8 Å². The van der Waals surface area contributed by atoms with Gasteiger partial charge in [-0.3, -0.25) is 4.90 Å². The normalized spacial score (nSPS) is 17.4. The molecule has 0 heterocycles. The van der Waals surface area contributed by atoms with Crippen LogP contribution in [0, 0.1) is 0 Å². The fourth-order valence-electron chi connectivity index (χ4n) is 3.41. The zero-order valence-corrected chi connectivity index (χ0v) is 21.0. The molecule has 0 aliphatic rings. The number of hydrogen-bond donors (Lipinski definition) is 0. The zero-order chi connectivity index (χ0) is 21.1. The van der Waals surface area contributed by atoms with Gasteiger partial charge in [0.15, 0.2) is 11.1 Å². The lowest BCUT2D eigenvalue weighted by Crippen LogP contribution is -2.48. The number of hydrogen-bond acceptors (Lipinski definition) is 6. The fourth-order valence-corrected chi connectivity index (χ4v) is 6.79. The van der Waals surface area contributed by atoms with Crippen LogP contribution >= 0.6 is 17.2 Å². The zero-order valence-electron chi connectivity index (χ0n) is 19.0. The van der Waals surface area contributed by atoms with Crippen LogP contribution in [0.15, 0.2) is 0 Å². The molecular weight excluding hydrogens is 384 g/mol. The van der Waals surface area contributed by atoms with Crippen molar-refractivity contribution in [2.75, 3.05) is 35.0 Å². The highest BCUT2D eigenvalue weighted by atomic mass is 31.1. The Morgan fingerprint density at radius 3 is 1.33 bits per heavy atom. The maximum absolute atomic E-state index is 6.10. The molecule has 5 atom stereocenters. The Morgan fingerprint density at radius 2 is 1.11 bits per heavy atom. The lowest BCUT2D eigenvalue weighted by molar-refractivity contribution is -0.143. The van der Waals surface area contributed by atoms with E-state index in [9.17, 15) is 0 Å². The number of methoxy groups -OCH3 is 4. The molecule has 0 aliphatic heterocycles. The Hall–Kier alpha value is 0.620. The van der Waals surface area contributed by atoms with Crippen molar-refractivity contribution in [1.29, 1.82) is 0 Å². The molecular formula is C19H43NO5P2. The summed E-state index contributed by atoms with van der Waals surface area (Å²) in [6.07, 6.45) is 2.54. The lowest BCUT2D eigenvalue weighted by Gasteiger charge is -2.45. The van der Waals surface area contributed by atoms with Gasteiger partial charge in [-0.2, -0.15) is 0 Å². The summed E-state index contributed by atoms with van der Waals surface area (Å²) in [5, 5.41) is 0. The smallest absolute Gasteiger partial charge is 0.184 e. The van der Waals surface area contributed by atoms with Crippen molar-refractivity contribution in [2.24, 2.45) is 0 Å². The molecule has 0 aromatic carbocycles. The fraction of sp³-hybridized carbons (Fsp3) is 1.00. The molecule has 0 amide bonds. The molecule has 6 nitrogen and oxygen atoms in total. The van der Waals surface area contributed by atoms with Gasteiger partial charge in [-0.05, 0) is 44.4 Å². The van der Waals surface area contributed by atoms with Crippen molar-refractivity contribution < 1.29 is 23.7 Å². The largest absolute Gasteiger partial charge is 0.363 e. The first kappa shape index (κ1) is 27.6. The summed E-state index contributed by atoms with van der Waals surface area (Å²) in [7, 11) is 7.80. The second kappa shape index (κ2) is 13.8. The summed E-state index contributed by atoms with van der Waals surface area (Å²) in [5.74, 6) is 0.458. The van der Waals surface area contributed by atoms with Gasteiger partial charge in [0.1, 0.15) is 6.23 Å². The second-order valence-corrected chi connectivity index (χ2v) is 10.2. The first-order chi connectivity index (χ1) is 12.8. The minimum absolute atomic E-state index is 0.0338. The molecule has 27 heavy (non-hydrogen) atoms. The average molecular weight is 428 g/mol. The number of nitrogens with zero attached hydrogens (tertiary/aromatic N) is 1. The van der Waals surface area contributed by atoms with Crippen LogP contribution in [0.2, 0.25) is 0 Å². The molecule has 0 saturated carbocycles. The maximum atomic E-state index is 6.10. The monoisotopic (exact) mass is 427 g/mol. The van der Waals surface area contributed by atoms with E-state index in [0.717, 1.165) is 19.3 Å². The lowest BCUT2D eigenvalue weighted by atomic mass is 10.3. The quantitative estimate of drug-likeness (QED) is 0.260. The minimum atomic E-state index is -0.560. The third-order valence-electron chi connectivity index (χ3n) is 5.04. The van der Waals surface area contributed by atoms with Gasteiger partial charge >= 0.3 is 0 Å². The summed E-state index contributed by atoms with van der Waals surface area (Å²) in [5.41, 5.74) is -1.12. The molecule has 0 spiro atoms. The van der Waals surface area contributed by atoms with E-state index in [4.69, 9.17) is 23.7 Å². The molecule has 0 fully saturated rings. The van der Waals surface area contributed by atoms with Gasteiger partial charge in [0.05, 0.1) is 0 Å². The van der Waals surface area contributed by atoms with Gasteiger partial charge in [-0.25, -0.2) is 0 Å². The standard InChI is InChI=1S/C19H43NO5P2/c1-11-17(25-14-4)20(15(5)26-18(12-2,21-7)22-8)16(6)27-19(13-3,23-9)24-10/h15-17,26-27H,11-14H2,1-10H3. The SMILES string of the molecule is CCOC(CC)N(C(C)PC(CC)(OC)OC)C(C)PC(CC)(OC)OC. The topological polar surface area (TPSA) is 49.4 Å². The molecule has 0 radical (unpaired) electrons. The summed E-state index contributed by atoms with van der Waals surface area (Å²) in [6, 6.07) is 0. The van der Waals surface area contributed by atoms with E-state index < -0.39 is 11.1 Å². The summed E-state index contributed by atoms with van der Waals surface area (Å²) >= 11 is 0. The van der Waals surface area contributed by atoms with Crippen LogP contribution in [0.4, 0.5) is 0 Å². The Labute approximate surface area is 170 Å². The summed E-state index contributed by atoms with van der Waals surface area (Å²) in [6.45, 7) is 13.6. The van der Waals surface area contributed by atoms with Crippen LogP contribution in [-0.4, -0.2) is 68.8 Å². The van der Waals surface area contributed by atoms with Crippen molar-refractivity contribution in [1.82, 2.24) is 4.90 Å². The van der Waals surface area contributed by atoms with Crippen LogP contribution in [0.5, 0.6) is 0 Å². The van der Waals surface area contributed by atoms with Crippen molar-refractivity contribution >= 4 is 17.2 Å². The molecule has 0 bridgehead atoms. The Bertz CT molecular complexity index is 337. The van der Waals surface area contributed by atoms with Crippen molar-refractivity contribution in [2.45, 2.75) is 89.7 Å². The second-order valence-electron chi connectivity index (χ2n) is 6.44. The van der Waals surface area contributed by atoms with E-state index in [1.165, 1.54) is 0 Å². The van der Waals surface area contributed by atoms with E-state index in [0.29, 0.717) is 23.8 Å². The van der Waals surface area contributed by atoms with E-state index in [-0.39, 0.29) is 17.8 Å². The highest BCUT2D eigenvalue weighted by Crippen LogP contribution is 2.47. The molecule has 0 aliphatic carbocycles. The Kier molecular flexibility index (Phi) is 14.1. The Balaban J connectivity index is 5.67. The minimum Gasteiger partial charge on any atom is -0.363 e. The van der Waals surface area contributed by atoms with E-state index in [1.807, 2.05) is 6.92 Å². The van der Waals surface area contributed by atoms with Crippen LogP contribution < -0.4 is 0 Å². The first-order valence-corrected chi connectivity index (χ1v) is 12.1. The molecule has 0 N–H and O–H groups in total. The van der Waals surface area contributed by atoms with E-state index in [2.05, 4.69) is 39.5 Å². The van der Waals surface area contributed by atoms with Gasteiger partial charge in [0.2, 0.25) is 0 Å². The highest BCUT2D eigenvalue weighted by molar-refractivity contribution is 7.41. The molecule has 5 unspecified atom stereocenters. The average Bonchev–Trinajstić information content (AvgIpc) is 2.70. The molecule has 0 rings (SSSR count). The number of ether oxygens (including phenoxy) is 5. The predicted molar refractivity (Wildman–Crippen MR) is 117 cm³/mol. The predicted octanol–water partition coefficient (Wildman–Crippen LogP) is 4.82. The van der Waals surface area contributed by atoms with Gasteiger partial charge < -0.3 is 23.7 Å². The van der Waals surface area contributed by atoms with E-state index >= 15 is 0 Å². The maximum Gasteiger partial charge on any atom is 0.184 e. The molecule has 164 valence electrons. The van der Waals surface area contributed by atoms with Gasteiger partial charge in [0, 0.05) is 59.5 Å². The molecule has 0 saturated heterocycles. The molecule has 0 aromatic heterocycles. The van der Waals surface area contributed by atoms with Crippen molar-refractivity contribution in [3.63, 3.8) is 0 Å². The summed E-state index contributed by atoms with van der Waals surface area (Å²) < 4.78 is 29.1. The van der Waals surface area contributed by atoms with Crippen molar-refractivity contribution in [3.05, 3.63) is 0 Å². The van der Waals surface area contributed by atoms with Gasteiger partial charge in [-0.15, -0.1) is 0 Å². The van der Waals surface area contributed by atoms with Crippen molar-refractivity contribution in [3.8, 4) is 0 Å². The number of rotatable bonds is 16. The third kappa shape index (κ3) is 7.75. The highest BCUT2D eigenvalue weighted by Gasteiger charge is 2.39.